The lowest BCUT2D eigenvalue weighted by Crippen LogP contribution is -2.36. The van der Waals surface area contributed by atoms with E-state index in [0.29, 0.717) is 19.0 Å². The Morgan fingerprint density at radius 3 is 2.57 bits per heavy atom. The lowest BCUT2D eigenvalue weighted by molar-refractivity contribution is 0.0951. The Morgan fingerprint density at radius 2 is 1.82 bits per heavy atom. The van der Waals surface area contributed by atoms with Gasteiger partial charge in [0.05, 0.1) is 0 Å². The number of fused-ring (bicyclic) bond motifs is 1. The summed E-state index contributed by atoms with van der Waals surface area (Å²) in [5, 5.41) is 2.93. The maximum absolute atomic E-state index is 13.1. The van der Waals surface area contributed by atoms with Gasteiger partial charge in [-0.25, -0.2) is 0 Å². The van der Waals surface area contributed by atoms with Gasteiger partial charge in [-0.3, -0.25) is 9.59 Å². The maximum Gasteiger partial charge on any atom is 0.263 e. The lowest BCUT2D eigenvalue weighted by atomic mass is 9.95. The van der Waals surface area contributed by atoms with Crippen LogP contribution in [0, 0.1) is 0 Å². The molecule has 1 aliphatic rings. The molecular weight excluding hydrogens is 372 g/mol. The summed E-state index contributed by atoms with van der Waals surface area (Å²) in [5.74, 6) is 0.236. The van der Waals surface area contributed by atoms with Crippen molar-refractivity contribution in [2.75, 3.05) is 12.4 Å². The molecule has 0 spiro atoms. The van der Waals surface area contributed by atoms with E-state index in [1.165, 1.54) is 18.4 Å². The smallest absolute Gasteiger partial charge is 0.263 e. The van der Waals surface area contributed by atoms with Crippen LogP contribution in [0.3, 0.4) is 0 Å². The summed E-state index contributed by atoms with van der Waals surface area (Å²) in [6.07, 6.45) is 7.92. The van der Waals surface area contributed by atoms with Gasteiger partial charge in [0.15, 0.2) is 0 Å². The van der Waals surface area contributed by atoms with Crippen molar-refractivity contribution in [2.45, 2.75) is 57.9 Å². The molecule has 0 saturated heterocycles. The van der Waals surface area contributed by atoms with Crippen molar-refractivity contribution < 1.29 is 4.79 Å². The van der Waals surface area contributed by atoms with Crippen LogP contribution in [0.5, 0.6) is 0 Å². The van der Waals surface area contributed by atoms with E-state index in [-0.39, 0.29) is 17.0 Å². The number of hydrogen-bond donors (Lipinski definition) is 1. The Labute approximate surface area is 171 Å². The predicted molar refractivity (Wildman–Crippen MR) is 114 cm³/mol. The van der Waals surface area contributed by atoms with Crippen molar-refractivity contribution in [3.8, 4) is 0 Å². The summed E-state index contributed by atoms with van der Waals surface area (Å²) in [5.41, 5.74) is 3.52. The molecule has 1 aliphatic carbocycles. The van der Waals surface area contributed by atoms with E-state index < -0.39 is 0 Å². The van der Waals surface area contributed by atoms with E-state index in [1.54, 1.807) is 0 Å². The van der Waals surface area contributed by atoms with Crippen LogP contribution in [0.25, 0.3) is 0 Å². The number of aromatic nitrogens is 1. The first-order chi connectivity index (χ1) is 13.7. The van der Waals surface area contributed by atoms with Gasteiger partial charge in [-0.15, -0.1) is 11.6 Å². The number of rotatable bonds is 7. The van der Waals surface area contributed by atoms with Gasteiger partial charge in [-0.2, -0.15) is 0 Å². The minimum atomic E-state index is -0.273. The number of amides is 1. The molecule has 0 radical (unpaired) electrons. The maximum atomic E-state index is 13.1. The first-order valence-electron chi connectivity index (χ1n) is 10.3. The van der Waals surface area contributed by atoms with Gasteiger partial charge >= 0.3 is 0 Å². The average molecular weight is 401 g/mol. The second-order valence-corrected chi connectivity index (χ2v) is 7.81. The minimum Gasteiger partial charge on any atom is -0.352 e. The Bertz CT molecular complexity index is 846. The Balaban J connectivity index is 1.81. The largest absolute Gasteiger partial charge is 0.352 e. The Morgan fingerprint density at radius 1 is 1.07 bits per heavy atom. The summed E-state index contributed by atoms with van der Waals surface area (Å²) < 4.78 is 1.81. The molecule has 1 amide bonds. The minimum absolute atomic E-state index is 0.179. The first-order valence-corrected chi connectivity index (χ1v) is 10.9. The second-order valence-electron chi connectivity index (χ2n) is 7.43. The van der Waals surface area contributed by atoms with Crippen LogP contribution in [0.2, 0.25) is 0 Å². The summed E-state index contributed by atoms with van der Waals surface area (Å²) in [4.78, 5) is 25.8. The highest BCUT2D eigenvalue weighted by molar-refractivity contribution is 6.17. The topological polar surface area (TPSA) is 51.1 Å². The molecule has 3 rings (SSSR count). The molecule has 0 fully saturated rings. The molecule has 1 N–H and O–H groups in total. The van der Waals surface area contributed by atoms with E-state index in [4.69, 9.17) is 11.6 Å². The van der Waals surface area contributed by atoms with Crippen LogP contribution < -0.4 is 10.9 Å². The highest BCUT2D eigenvalue weighted by atomic mass is 35.5. The number of pyridine rings is 1. The van der Waals surface area contributed by atoms with Crippen LogP contribution in [0.4, 0.5) is 0 Å². The Hall–Kier alpha value is -2.07. The fourth-order valence-corrected chi connectivity index (χ4v) is 4.03. The van der Waals surface area contributed by atoms with Gasteiger partial charge in [-0.1, -0.05) is 43.2 Å². The molecule has 1 aromatic carbocycles. The third-order valence-electron chi connectivity index (χ3n) is 5.40. The van der Waals surface area contributed by atoms with Crippen LogP contribution in [0.1, 0.15) is 59.3 Å². The second kappa shape index (κ2) is 10.5. The average Bonchev–Trinajstić information content (AvgIpc) is 2.69. The molecule has 0 unspecified atom stereocenters. The third-order valence-corrected chi connectivity index (χ3v) is 5.67. The fourth-order valence-electron chi connectivity index (χ4n) is 3.91. The van der Waals surface area contributed by atoms with Gasteiger partial charge < -0.3 is 9.88 Å². The number of nitrogens with zero attached hydrogens (tertiary/aromatic N) is 1. The van der Waals surface area contributed by atoms with Crippen molar-refractivity contribution in [3.05, 3.63) is 69.1 Å². The number of carbonyl (C=O) groups excluding carboxylic acids is 1. The van der Waals surface area contributed by atoms with Crippen molar-refractivity contribution in [1.82, 2.24) is 9.88 Å². The fraction of sp³-hybridized carbons (Fsp3) is 0.478. The number of benzene rings is 1. The molecule has 1 heterocycles. The van der Waals surface area contributed by atoms with E-state index in [1.807, 2.05) is 41.0 Å². The zero-order chi connectivity index (χ0) is 19.8. The van der Waals surface area contributed by atoms with Gasteiger partial charge in [0.2, 0.25) is 0 Å². The number of alkyl halides is 1. The predicted octanol–water partition coefficient (Wildman–Crippen LogP) is 4.11. The van der Waals surface area contributed by atoms with Crippen LogP contribution >= 0.6 is 11.6 Å². The van der Waals surface area contributed by atoms with Crippen molar-refractivity contribution >= 4 is 17.5 Å². The molecule has 0 aliphatic heterocycles. The first kappa shape index (κ1) is 20.7. The highest BCUT2D eigenvalue weighted by Crippen LogP contribution is 2.20. The normalized spacial score (nSPS) is 14.0. The molecule has 5 heteroatoms. The zero-order valence-electron chi connectivity index (χ0n) is 16.4. The molecule has 0 bridgehead atoms. The summed E-state index contributed by atoms with van der Waals surface area (Å²) in [6, 6.07) is 11.9. The molecule has 0 saturated carbocycles. The molecule has 2 aromatic rings. The molecule has 1 aromatic heterocycles. The number of halogens is 1. The van der Waals surface area contributed by atoms with E-state index in [0.717, 1.165) is 49.8 Å². The van der Waals surface area contributed by atoms with Crippen LogP contribution in [-0.4, -0.2) is 22.9 Å². The van der Waals surface area contributed by atoms with Gasteiger partial charge in [0, 0.05) is 24.7 Å². The van der Waals surface area contributed by atoms with Gasteiger partial charge in [0.1, 0.15) is 5.56 Å². The molecule has 0 atom stereocenters. The van der Waals surface area contributed by atoms with Crippen molar-refractivity contribution in [2.24, 2.45) is 0 Å². The van der Waals surface area contributed by atoms with E-state index in [2.05, 4.69) is 5.32 Å². The summed E-state index contributed by atoms with van der Waals surface area (Å²) >= 11 is 5.88. The molecule has 4 nitrogen and oxygen atoms in total. The lowest BCUT2D eigenvalue weighted by Gasteiger charge is -2.21. The SMILES string of the molecule is O=C(NCCc1ccccc1)c1cc2c(n(CCCCl)c1=O)CCCCCC2. The molecule has 150 valence electrons. The third kappa shape index (κ3) is 5.26. The monoisotopic (exact) mass is 400 g/mol. The van der Waals surface area contributed by atoms with Crippen molar-refractivity contribution in [3.63, 3.8) is 0 Å². The number of hydrogen-bond acceptors (Lipinski definition) is 2. The molecular formula is C23H29ClN2O2. The van der Waals surface area contributed by atoms with Crippen LogP contribution in [0.15, 0.2) is 41.2 Å². The Kier molecular flexibility index (Phi) is 7.72. The summed E-state index contributed by atoms with van der Waals surface area (Å²) in [6.45, 7) is 1.09. The standard InChI is InChI=1S/C23H29ClN2O2/c24-14-8-16-26-21-12-7-2-1-6-11-19(21)17-20(23(26)28)22(27)25-15-13-18-9-4-3-5-10-18/h3-5,9-10,17H,1-2,6-8,11-16H2,(H,25,27). The van der Waals surface area contributed by atoms with Gasteiger partial charge in [-0.05, 0) is 55.7 Å². The molecule has 28 heavy (non-hydrogen) atoms. The zero-order valence-corrected chi connectivity index (χ0v) is 17.1. The van der Waals surface area contributed by atoms with E-state index >= 15 is 0 Å². The number of nitrogens with one attached hydrogen (secondary N) is 1. The summed E-state index contributed by atoms with van der Waals surface area (Å²) in [7, 11) is 0. The van der Waals surface area contributed by atoms with E-state index in [9.17, 15) is 9.59 Å². The van der Waals surface area contributed by atoms with Crippen molar-refractivity contribution in [1.29, 1.82) is 0 Å². The quantitative estimate of drug-likeness (QED) is 0.711. The number of aryl methyl sites for hydroxylation is 1. The highest BCUT2D eigenvalue weighted by Gasteiger charge is 2.19. The van der Waals surface area contributed by atoms with Gasteiger partial charge in [0.25, 0.3) is 11.5 Å². The van der Waals surface area contributed by atoms with Crippen LogP contribution in [-0.2, 0) is 25.8 Å². The number of carbonyl (C=O) groups is 1.